The summed E-state index contributed by atoms with van der Waals surface area (Å²) in [6.45, 7) is 4.46. The highest BCUT2D eigenvalue weighted by atomic mass is 31.2. The lowest BCUT2D eigenvalue weighted by Crippen LogP contribution is -2.37. The zero-order chi connectivity index (χ0) is 15.3. The predicted octanol–water partition coefficient (Wildman–Crippen LogP) is 0.332. The van der Waals surface area contributed by atoms with Gasteiger partial charge in [-0.25, -0.2) is 4.79 Å². The Labute approximate surface area is 113 Å². The molecule has 8 heteroatoms. The summed E-state index contributed by atoms with van der Waals surface area (Å²) in [6, 6.07) is 0. The van der Waals surface area contributed by atoms with Crippen molar-refractivity contribution in [3.05, 3.63) is 12.2 Å². The highest BCUT2D eigenvalue weighted by molar-refractivity contribution is 7.53. The minimum atomic E-state index is -4.23. The smallest absolute Gasteiger partial charge is 0.371 e. The van der Waals surface area contributed by atoms with E-state index in [0.29, 0.717) is 11.0 Å². The highest BCUT2D eigenvalue weighted by Gasteiger charge is 2.36. The molecule has 0 saturated carbocycles. The summed E-state index contributed by atoms with van der Waals surface area (Å²) < 4.78 is 21.9. The molecule has 0 saturated heterocycles. The molecule has 0 bridgehead atoms. The molecule has 0 aliphatic rings. The second kappa shape index (κ2) is 7.17. The summed E-state index contributed by atoms with van der Waals surface area (Å²) >= 11 is 0. The van der Waals surface area contributed by atoms with Crippen LogP contribution < -0.4 is 0 Å². The molecule has 0 radical (unpaired) electrons. The van der Waals surface area contributed by atoms with E-state index in [1.807, 2.05) is 21.1 Å². The van der Waals surface area contributed by atoms with Crippen LogP contribution >= 0.6 is 7.60 Å². The van der Waals surface area contributed by atoms with Gasteiger partial charge >= 0.3 is 13.6 Å². The van der Waals surface area contributed by atoms with E-state index in [4.69, 9.17) is 9.63 Å². The average Bonchev–Trinajstić information content (AvgIpc) is 2.22. The van der Waals surface area contributed by atoms with Crippen LogP contribution in [0.15, 0.2) is 12.2 Å². The summed E-state index contributed by atoms with van der Waals surface area (Å²) in [4.78, 5) is 20.9. The van der Waals surface area contributed by atoms with E-state index >= 15 is 0 Å². The Morgan fingerprint density at radius 2 is 1.95 bits per heavy atom. The second-order valence-corrected chi connectivity index (χ2v) is 7.20. The fourth-order valence-corrected chi connectivity index (χ4v) is 1.90. The number of aliphatic hydroxyl groups is 1. The largest absolute Gasteiger partial charge is 0.443 e. The van der Waals surface area contributed by atoms with Crippen molar-refractivity contribution in [2.24, 2.45) is 0 Å². The summed E-state index contributed by atoms with van der Waals surface area (Å²) in [6.07, 6.45) is 0. The number of nitrogens with zero attached hydrogens (tertiary/aromatic N) is 1. The number of esters is 1. The van der Waals surface area contributed by atoms with Gasteiger partial charge in [0.25, 0.3) is 0 Å². The van der Waals surface area contributed by atoms with Crippen molar-refractivity contribution in [3.63, 3.8) is 0 Å². The molecule has 0 heterocycles. The van der Waals surface area contributed by atoms with Crippen molar-refractivity contribution in [2.75, 3.05) is 40.9 Å². The normalized spacial score (nSPS) is 16.5. The minimum absolute atomic E-state index is 0.0123. The van der Waals surface area contributed by atoms with E-state index in [0.717, 1.165) is 0 Å². The molecule has 7 nitrogen and oxygen atoms in total. The van der Waals surface area contributed by atoms with Crippen LogP contribution in [0.3, 0.4) is 0 Å². The van der Waals surface area contributed by atoms with Gasteiger partial charge in [-0.3, -0.25) is 4.57 Å². The van der Waals surface area contributed by atoms with Gasteiger partial charge in [0, 0.05) is 5.57 Å². The third-order valence-electron chi connectivity index (χ3n) is 2.15. The Bertz CT molecular complexity index is 376. The number of carbonyl (C=O) groups is 1. The molecule has 0 fully saturated rings. The summed E-state index contributed by atoms with van der Waals surface area (Å²) in [5.74, 6) is -2.44. The maximum atomic E-state index is 11.8. The summed E-state index contributed by atoms with van der Waals surface area (Å²) in [5, 5.41) is 9.03. The molecule has 2 atom stereocenters. The molecule has 0 amide bonds. The van der Waals surface area contributed by atoms with Crippen LogP contribution in [0.2, 0.25) is 0 Å². The number of rotatable bonds is 8. The topological polar surface area (TPSA) is 93.1 Å². The first kappa shape index (κ1) is 18.3. The van der Waals surface area contributed by atoms with Crippen LogP contribution in [0.5, 0.6) is 0 Å². The van der Waals surface area contributed by atoms with Gasteiger partial charge in [-0.2, -0.15) is 0 Å². The molecule has 0 aliphatic carbocycles. The van der Waals surface area contributed by atoms with Crippen LogP contribution in [0.25, 0.3) is 0 Å². The first-order valence-corrected chi connectivity index (χ1v) is 7.39. The van der Waals surface area contributed by atoms with Gasteiger partial charge in [-0.05, 0) is 6.92 Å². The second-order valence-electron chi connectivity index (χ2n) is 5.23. The number of ether oxygens (including phenoxy) is 1. The third-order valence-corrected chi connectivity index (χ3v) is 3.70. The lowest BCUT2D eigenvalue weighted by Gasteiger charge is -2.25. The molecule has 0 spiro atoms. The Morgan fingerprint density at radius 3 is 2.32 bits per heavy atom. The van der Waals surface area contributed by atoms with E-state index in [2.05, 4.69) is 11.3 Å². The zero-order valence-corrected chi connectivity index (χ0v) is 12.7. The molecule has 19 heavy (non-hydrogen) atoms. The highest BCUT2D eigenvalue weighted by Crippen LogP contribution is 2.47. The quantitative estimate of drug-likeness (QED) is 0.290. The molecular weight excluding hydrogens is 273 g/mol. The maximum Gasteiger partial charge on any atom is 0.371 e. The van der Waals surface area contributed by atoms with Crippen LogP contribution in [-0.4, -0.2) is 67.2 Å². The number of hydrogen-bond acceptors (Lipinski definition) is 5. The number of quaternary nitrogens is 1. The SMILES string of the molecule is C=C(C)C(=O)OC(CO)P(=O)(O)OCC[N+](C)(C)C. The minimum Gasteiger partial charge on any atom is -0.443 e. The van der Waals surface area contributed by atoms with Crippen LogP contribution in [0.4, 0.5) is 0 Å². The summed E-state index contributed by atoms with van der Waals surface area (Å²) in [5.41, 5.74) is 0.0739. The summed E-state index contributed by atoms with van der Waals surface area (Å²) in [7, 11) is 1.47. The molecule has 0 aromatic heterocycles. The van der Waals surface area contributed by atoms with E-state index in [-0.39, 0.29) is 12.2 Å². The van der Waals surface area contributed by atoms with Gasteiger partial charge in [0.05, 0.1) is 27.7 Å². The first-order valence-electron chi connectivity index (χ1n) is 5.74. The van der Waals surface area contributed by atoms with Crippen molar-refractivity contribution in [1.29, 1.82) is 0 Å². The van der Waals surface area contributed by atoms with Gasteiger partial charge < -0.3 is 23.7 Å². The monoisotopic (exact) mass is 296 g/mol. The van der Waals surface area contributed by atoms with Crippen molar-refractivity contribution < 1.29 is 33.1 Å². The molecule has 0 aliphatic heterocycles. The van der Waals surface area contributed by atoms with E-state index in [1.54, 1.807) is 0 Å². The average molecular weight is 296 g/mol. The first-order chi connectivity index (χ1) is 8.49. The van der Waals surface area contributed by atoms with Gasteiger partial charge in [-0.15, -0.1) is 0 Å². The van der Waals surface area contributed by atoms with Crippen molar-refractivity contribution in [1.82, 2.24) is 0 Å². The Kier molecular flexibility index (Phi) is 6.89. The number of carbonyl (C=O) groups excluding carboxylic acids is 1. The molecule has 0 aromatic carbocycles. The van der Waals surface area contributed by atoms with Crippen molar-refractivity contribution in [2.45, 2.75) is 12.8 Å². The predicted molar refractivity (Wildman–Crippen MR) is 70.5 cm³/mol. The molecule has 2 unspecified atom stereocenters. The van der Waals surface area contributed by atoms with Crippen molar-refractivity contribution >= 4 is 13.6 Å². The Hall–Kier alpha value is -0.720. The lowest BCUT2D eigenvalue weighted by molar-refractivity contribution is -0.870. The van der Waals surface area contributed by atoms with Gasteiger partial charge in [0.2, 0.25) is 5.85 Å². The standard InChI is InChI=1S/C11H22NO6P/c1-9(2)11(14)18-10(8-13)19(15,16)17-7-6-12(3,4)5/h10,13H,1,6-8H2,2-5H3/p+1. The molecule has 112 valence electrons. The molecule has 2 N–H and O–H groups in total. The van der Waals surface area contributed by atoms with Gasteiger partial charge in [0.1, 0.15) is 13.2 Å². The fourth-order valence-electron chi connectivity index (χ4n) is 0.960. The van der Waals surface area contributed by atoms with Gasteiger partial charge in [-0.1, -0.05) is 6.58 Å². The van der Waals surface area contributed by atoms with Crippen LogP contribution in [-0.2, 0) is 18.6 Å². The zero-order valence-electron chi connectivity index (χ0n) is 11.8. The fraction of sp³-hybridized carbons (Fsp3) is 0.727. The molecule has 0 aromatic rings. The number of aliphatic hydroxyl groups excluding tert-OH is 1. The van der Waals surface area contributed by atoms with Crippen molar-refractivity contribution in [3.8, 4) is 0 Å². The van der Waals surface area contributed by atoms with Crippen LogP contribution in [0, 0.1) is 0 Å². The Morgan fingerprint density at radius 1 is 1.42 bits per heavy atom. The van der Waals surface area contributed by atoms with E-state index < -0.39 is 26.0 Å². The maximum absolute atomic E-state index is 11.8. The van der Waals surface area contributed by atoms with Gasteiger partial charge in [0.15, 0.2) is 0 Å². The Balaban J connectivity index is 4.53. The number of likely N-dealkylation sites (N-methyl/N-ethyl adjacent to an activating group) is 1. The van der Waals surface area contributed by atoms with E-state index in [9.17, 15) is 14.3 Å². The molecule has 0 rings (SSSR count). The molecular formula is C11H23NO6P+. The third kappa shape index (κ3) is 7.44. The lowest BCUT2D eigenvalue weighted by atomic mass is 10.4. The van der Waals surface area contributed by atoms with E-state index in [1.165, 1.54) is 6.92 Å². The number of hydrogen-bond donors (Lipinski definition) is 2. The van der Waals surface area contributed by atoms with Crippen LogP contribution in [0.1, 0.15) is 6.92 Å².